The number of para-hydroxylation sites is 1. The van der Waals surface area contributed by atoms with Gasteiger partial charge in [-0.15, -0.1) is 0 Å². The normalized spacial score (nSPS) is 11.8. The van der Waals surface area contributed by atoms with Gasteiger partial charge in [0, 0.05) is 0 Å². The number of benzene rings is 2. The molecule has 1 atom stereocenters. The smallest absolute Gasteiger partial charge is 0.321 e. The Morgan fingerprint density at radius 3 is 2.59 bits per heavy atom. The highest BCUT2D eigenvalue weighted by Crippen LogP contribution is 2.31. The molecule has 0 fully saturated rings. The third kappa shape index (κ3) is 4.68. The molecule has 2 aromatic carbocycles. The van der Waals surface area contributed by atoms with Crippen LogP contribution in [0.25, 0.3) is 10.2 Å². The van der Waals surface area contributed by atoms with Crippen LogP contribution in [-0.2, 0) is 0 Å². The second kappa shape index (κ2) is 8.73. The summed E-state index contributed by atoms with van der Waals surface area (Å²) in [4.78, 5) is 16.8. The number of nitrogens with zero attached hydrogens (tertiary/aromatic N) is 1. The molecule has 7 heteroatoms. The quantitative estimate of drug-likeness (QED) is 0.602. The van der Waals surface area contributed by atoms with Crippen LogP contribution in [-0.4, -0.2) is 24.2 Å². The van der Waals surface area contributed by atoms with Crippen molar-refractivity contribution >= 4 is 32.7 Å². The first-order valence-electron chi connectivity index (χ1n) is 8.93. The van der Waals surface area contributed by atoms with Crippen molar-refractivity contribution in [3.63, 3.8) is 0 Å². The second-order valence-electron chi connectivity index (χ2n) is 5.88. The van der Waals surface area contributed by atoms with E-state index in [1.807, 2.05) is 63.2 Å². The predicted molar refractivity (Wildman–Crippen MR) is 109 cm³/mol. The van der Waals surface area contributed by atoms with E-state index >= 15 is 0 Å². The number of carbonyl (C=O) groups excluding carboxylic acids is 1. The largest absolute Gasteiger partial charge is 0.490 e. The minimum Gasteiger partial charge on any atom is -0.490 e. The standard InChI is InChI=1S/C20H23N3O3S/c1-4-25-16-11-10-14(12-17(16)26-5-2)13(3)21-19(24)23-20-22-15-8-6-7-9-18(15)27-20/h6-13H,4-5H2,1-3H3,(H2,21,22,23,24)/t13-/m1/s1. The molecule has 0 spiro atoms. The van der Waals surface area contributed by atoms with Crippen LogP contribution >= 0.6 is 11.3 Å². The highest BCUT2D eigenvalue weighted by Gasteiger charge is 2.14. The zero-order chi connectivity index (χ0) is 19.2. The molecule has 1 heterocycles. The Bertz CT molecular complexity index is 893. The topological polar surface area (TPSA) is 72.5 Å². The van der Waals surface area contributed by atoms with Crippen LogP contribution in [0, 0.1) is 0 Å². The molecule has 0 saturated carbocycles. The number of hydrogen-bond acceptors (Lipinski definition) is 5. The molecule has 3 aromatic rings. The van der Waals surface area contributed by atoms with Gasteiger partial charge in [-0.05, 0) is 50.6 Å². The Morgan fingerprint density at radius 1 is 1.11 bits per heavy atom. The molecule has 0 bridgehead atoms. The molecule has 0 radical (unpaired) electrons. The van der Waals surface area contributed by atoms with Gasteiger partial charge in [0.2, 0.25) is 0 Å². The van der Waals surface area contributed by atoms with Gasteiger partial charge in [0.05, 0.1) is 29.5 Å². The first-order valence-corrected chi connectivity index (χ1v) is 9.75. The lowest BCUT2D eigenvalue weighted by molar-refractivity contribution is 0.249. The molecule has 0 aliphatic carbocycles. The molecule has 3 rings (SSSR count). The summed E-state index contributed by atoms with van der Waals surface area (Å²) in [7, 11) is 0. The highest BCUT2D eigenvalue weighted by atomic mass is 32.1. The summed E-state index contributed by atoms with van der Waals surface area (Å²) in [5.74, 6) is 1.38. The molecule has 6 nitrogen and oxygen atoms in total. The van der Waals surface area contributed by atoms with E-state index in [1.54, 1.807) is 0 Å². The van der Waals surface area contributed by atoms with Crippen LogP contribution in [0.3, 0.4) is 0 Å². The number of urea groups is 1. The maximum absolute atomic E-state index is 12.3. The first-order chi connectivity index (χ1) is 13.1. The summed E-state index contributed by atoms with van der Waals surface area (Å²) in [5, 5.41) is 6.31. The molecule has 27 heavy (non-hydrogen) atoms. The number of rotatable bonds is 7. The zero-order valence-corrected chi connectivity index (χ0v) is 16.4. The van der Waals surface area contributed by atoms with Gasteiger partial charge in [-0.1, -0.05) is 29.5 Å². The van der Waals surface area contributed by atoms with Crippen LogP contribution in [0.1, 0.15) is 32.4 Å². The summed E-state index contributed by atoms with van der Waals surface area (Å²) >= 11 is 1.45. The number of amides is 2. The Morgan fingerprint density at radius 2 is 1.85 bits per heavy atom. The molecular formula is C20H23N3O3S. The SMILES string of the molecule is CCOc1ccc([C@@H](C)NC(=O)Nc2nc3ccccc3s2)cc1OCC. The van der Waals surface area contributed by atoms with Gasteiger partial charge >= 0.3 is 6.03 Å². The molecule has 0 unspecified atom stereocenters. The van der Waals surface area contributed by atoms with Crippen LogP contribution in [0.5, 0.6) is 11.5 Å². The molecule has 1 aromatic heterocycles. The molecule has 2 amide bonds. The Labute approximate surface area is 162 Å². The number of aromatic nitrogens is 1. The van der Waals surface area contributed by atoms with Crippen molar-refractivity contribution in [2.75, 3.05) is 18.5 Å². The van der Waals surface area contributed by atoms with E-state index in [1.165, 1.54) is 11.3 Å². The molecule has 0 saturated heterocycles. The van der Waals surface area contributed by atoms with E-state index in [0.29, 0.717) is 29.8 Å². The predicted octanol–water partition coefficient (Wildman–Crippen LogP) is 4.98. The average molecular weight is 385 g/mol. The van der Waals surface area contributed by atoms with Crippen molar-refractivity contribution in [1.29, 1.82) is 0 Å². The summed E-state index contributed by atoms with van der Waals surface area (Å²) < 4.78 is 12.3. The van der Waals surface area contributed by atoms with E-state index in [4.69, 9.17) is 9.47 Å². The van der Waals surface area contributed by atoms with Crippen molar-refractivity contribution in [2.24, 2.45) is 0 Å². The summed E-state index contributed by atoms with van der Waals surface area (Å²) in [5.41, 5.74) is 1.81. The summed E-state index contributed by atoms with van der Waals surface area (Å²) in [6.45, 7) is 6.89. The Balaban J connectivity index is 1.67. The molecule has 2 N–H and O–H groups in total. The van der Waals surface area contributed by atoms with Crippen molar-refractivity contribution in [3.05, 3.63) is 48.0 Å². The van der Waals surface area contributed by atoms with Gasteiger partial charge in [0.1, 0.15) is 0 Å². The lowest BCUT2D eigenvalue weighted by Gasteiger charge is -2.17. The van der Waals surface area contributed by atoms with Gasteiger partial charge < -0.3 is 14.8 Å². The minimum absolute atomic E-state index is 0.200. The van der Waals surface area contributed by atoms with E-state index in [2.05, 4.69) is 15.6 Å². The first kappa shape index (κ1) is 19.0. The fourth-order valence-corrected chi connectivity index (χ4v) is 3.54. The van der Waals surface area contributed by atoms with Crippen LogP contribution in [0.15, 0.2) is 42.5 Å². The molecule has 142 valence electrons. The van der Waals surface area contributed by atoms with E-state index in [-0.39, 0.29) is 12.1 Å². The van der Waals surface area contributed by atoms with Crippen LogP contribution in [0.2, 0.25) is 0 Å². The Hall–Kier alpha value is -2.80. The third-order valence-corrected chi connectivity index (χ3v) is 4.88. The van der Waals surface area contributed by atoms with Gasteiger partial charge in [-0.25, -0.2) is 9.78 Å². The van der Waals surface area contributed by atoms with Gasteiger partial charge in [0.15, 0.2) is 16.6 Å². The third-order valence-electron chi connectivity index (χ3n) is 3.93. The second-order valence-corrected chi connectivity index (χ2v) is 6.91. The monoisotopic (exact) mass is 385 g/mol. The number of hydrogen-bond donors (Lipinski definition) is 2. The number of carbonyl (C=O) groups is 1. The molecule has 0 aliphatic heterocycles. The minimum atomic E-state index is -0.298. The van der Waals surface area contributed by atoms with E-state index in [9.17, 15) is 4.79 Å². The molecule has 0 aliphatic rings. The van der Waals surface area contributed by atoms with Crippen molar-refractivity contribution < 1.29 is 14.3 Å². The number of ether oxygens (including phenoxy) is 2. The zero-order valence-electron chi connectivity index (χ0n) is 15.6. The number of thiazole rings is 1. The number of fused-ring (bicyclic) bond motifs is 1. The van der Waals surface area contributed by atoms with Crippen LogP contribution in [0.4, 0.5) is 9.93 Å². The summed E-state index contributed by atoms with van der Waals surface area (Å²) in [6.07, 6.45) is 0. The number of anilines is 1. The average Bonchev–Trinajstić information content (AvgIpc) is 3.05. The maximum Gasteiger partial charge on any atom is 0.321 e. The Kier molecular flexibility index (Phi) is 6.13. The summed E-state index contributed by atoms with van der Waals surface area (Å²) in [6, 6.07) is 13.0. The van der Waals surface area contributed by atoms with Gasteiger partial charge in [-0.2, -0.15) is 0 Å². The lowest BCUT2D eigenvalue weighted by Crippen LogP contribution is -2.31. The highest BCUT2D eigenvalue weighted by molar-refractivity contribution is 7.22. The van der Waals surface area contributed by atoms with Crippen molar-refractivity contribution in [1.82, 2.24) is 10.3 Å². The van der Waals surface area contributed by atoms with Gasteiger partial charge in [0.25, 0.3) is 0 Å². The molecular weight excluding hydrogens is 362 g/mol. The number of nitrogens with one attached hydrogen (secondary N) is 2. The fraction of sp³-hybridized carbons (Fsp3) is 0.300. The van der Waals surface area contributed by atoms with Gasteiger partial charge in [-0.3, -0.25) is 5.32 Å². The fourth-order valence-electron chi connectivity index (χ4n) is 2.68. The van der Waals surface area contributed by atoms with Crippen molar-refractivity contribution in [2.45, 2.75) is 26.8 Å². The lowest BCUT2D eigenvalue weighted by atomic mass is 10.1. The van der Waals surface area contributed by atoms with Crippen LogP contribution < -0.4 is 20.1 Å². The van der Waals surface area contributed by atoms with E-state index in [0.717, 1.165) is 15.8 Å². The van der Waals surface area contributed by atoms with Crippen molar-refractivity contribution in [3.8, 4) is 11.5 Å². The maximum atomic E-state index is 12.3. The van der Waals surface area contributed by atoms with E-state index < -0.39 is 0 Å².